The lowest BCUT2D eigenvalue weighted by Gasteiger charge is -2.36. The molecule has 1 N–H and O–H groups in total. The van der Waals surface area contributed by atoms with Gasteiger partial charge in [-0.05, 0) is 17.7 Å². The monoisotopic (exact) mass is 866 g/mol. The van der Waals surface area contributed by atoms with Crippen LogP contribution in [0.2, 0.25) is 0 Å². The molecule has 5 aromatic heterocycles. The van der Waals surface area contributed by atoms with E-state index in [1.807, 2.05) is 0 Å². The molecule has 0 saturated heterocycles. The second kappa shape index (κ2) is 15.4. The van der Waals surface area contributed by atoms with Gasteiger partial charge in [-0.1, -0.05) is 6.08 Å². The smallest absolute Gasteiger partial charge is 0.348 e. The number of rotatable bonds is 12. The zero-order chi connectivity index (χ0) is 44.6. The molecular weight excluding hydrogens is 825 g/mol. The largest absolute Gasteiger partial charge is 0.493 e. The highest BCUT2D eigenvalue weighted by atomic mass is 16.5. The number of ether oxygens (including phenoxy) is 4. The molecule has 0 amide bonds. The van der Waals surface area contributed by atoms with Crippen molar-refractivity contribution in [2.45, 2.75) is 57.7 Å². The highest BCUT2D eigenvalue weighted by Crippen LogP contribution is 2.39. The Balaban J connectivity index is 1.08. The standard InChI is InChI=1S/C41H42N10O12/c1-44-27-17-33(61-5)31(59-3)15-25(27)42-23(36(44)53)10-12-46-38(55)48-14-9-22-29(50(48)40(46)57)19-49-39(56)47(41(58)51(49)35(22)30-8-7-21(20-52)63-30)13-11-24-37(54)45(2)28-18-34(62-6)32(60-4)16-26(28)43-24/h7-9,15-18,29,35,52H,10-14,19-20H2,1-6H3. The van der Waals surface area contributed by atoms with E-state index in [-0.39, 0.29) is 61.9 Å². The van der Waals surface area contributed by atoms with E-state index < -0.39 is 52.6 Å². The maximum atomic E-state index is 14.4. The van der Waals surface area contributed by atoms with E-state index >= 15 is 0 Å². The zero-order valence-electron chi connectivity index (χ0n) is 35.1. The van der Waals surface area contributed by atoms with Crippen LogP contribution in [0.5, 0.6) is 23.0 Å². The normalized spacial score (nSPS) is 15.6. The van der Waals surface area contributed by atoms with Crippen LogP contribution in [0.3, 0.4) is 0 Å². The highest BCUT2D eigenvalue weighted by molar-refractivity contribution is 5.80. The lowest BCUT2D eigenvalue weighted by atomic mass is 9.94. The summed E-state index contributed by atoms with van der Waals surface area (Å²) < 4.78 is 37.3. The summed E-state index contributed by atoms with van der Waals surface area (Å²) in [7, 11) is 9.08. The first-order valence-corrected chi connectivity index (χ1v) is 19.8. The number of aryl methyl sites for hydroxylation is 4. The van der Waals surface area contributed by atoms with Crippen LogP contribution in [-0.2, 0) is 59.7 Å². The van der Waals surface area contributed by atoms with Gasteiger partial charge in [-0.25, -0.2) is 57.0 Å². The molecule has 7 heterocycles. The van der Waals surface area contributed by atoms with E-state index in [0.29, 0.717) is 50.6 Å². The van der Waals surface area contributed by atoms with Crippen LogP contribution in [0, 0.1) is 0 Å². The van der Waals surface area contributed by atoms with E-state index in [1.54, 1.807) is 50.5 Å². The summed E-state index contributed by atoms with van der Waals surface area (Å²) in [5, 5.41) is 9.88. The molecule has 22 heteroatoms. The minimum atomic E-state index is -1.07. The van der Waals surface area contributed by atoms with Gasteiger partial charge in [-0.15, -0.1) is 0 Å². The molecule has 0 radical (unpaired) electrons. The van der Waals surface area contributed by atoms with Gasteiger partial charge in [0.05, 0.1) is 69.6 Å². The number of furan rings is 1. The minimum Gasteiger partial charge on any atom is -0.493 e. The molecule has 2 aromatic carbocycles. The lowest BCUT2D eigenvalue weighted by molar-refractivity contribution is 0.216. The van der Waals surface area contributed by atoms with Gasteiger partial charge < -0.3 is 37.6 Å². The Morgan fingerprint density at radius 3 is 1.65 bits per heavy atom. The third-order valence-electron chi connectivity index (χ3n) is 11.9. The Kier molecular flexibility index (Phi) is 9.95. The lowest BCUT2D eigenvalue weighted by Crippen LogP contribution is -2.46. The molecule has 0 bridgehead atoms. The minimum absolute atomic E-state index is 0.0676. The first kappa shape index (κ1) is 40.8. The molecule has 2 unspecified atom stereocenters. The van der Waals surface area contributed by atoms with Gasteiger partial charge in [0.25, 0.3) is 11.1 Å². The summed E-state index contributed by atoms with van der Waals surface area (Å²) in [6, 6.07) is 7.63. The van der Waals surface area contributed by atoms with Crippen molar-refractivity contribution in [3.63, 3.8) is 0 Å². The summed E-state index contributed by atoms with van der Waals surface area (Å²) in [6.07, 6.45) is 1.55. The number of aromatic nitrogens is 10. The zero-order valence-corrected chi connectivity index (χ0v) is 35.1. The molecule has 2 aliphatic rings. The van der Waals surface area contributed by atoms with Crippen molar-refractivity contribution < 1.29 is 28.5 Å². The van der Waals surface area contributed by atoms with Gasteiger partial charge in [-0.2, -0.15) is 0 Å². The van der Waals surface area contributed by atoms with Gasteiger partial charge in [0.1, 0.15) is 35.6 Å². The van der Waals surface area contributed by atoms with E-state index in [9.17, 15) is 33.9 Å². The molecule has 63 heavy (non-hydrogen) atoms. The number of aliphatic hydroxyl groups excluding tert-OH is 1. The number of nitrogens with zero attached hydrogens (tertiary/aromatic N) is 10. The maximum absolute atomic E-state index is 14.4. The van der Waals surface area contributed by atoms with Crippen LogP contribution >= 0.6 is 0 Å². The number of hydrogen-bond acceptors (Lipinski definition) is 14. The van der Waals surface area contributed by atoms with Gasteiger partial charge in [-0.3, -0.25) is 9.59 Å². The fraction of sp³-hybridized carbons (Fsp3) is 0.366. The summed E-state index contributed by atoms with van der Waals surface area (Å²) in [4.78, 5) is 93.1. The van der Waals surface area contributed by atoms with Crippen molar-refractivity contribution in [3.05, 3.63) is 134 Å². The molecule has 0 saturated carbocycles. The fourth-order valence-corrected chi connectivity index (χ4v) is 8.69. The number of allylic oxidation sites excluding steroid dienone is 2. The number of aliphatic hydroxyl groups is 1. The Morgan fingerprint density at radius 2 is 1.16 bits per heavy atom. The van der Waals surface area contributed by atoms with Crippen LogP contribution < -0.4 is 52.8 Å². The Labute approximate surface area is 353 Å². The highest BCUT2D eigenvalue weighted by Gasteiger charge is 2.42. The van der Waals surface area contributed by atoms with Crippen LogP contribution in [0.1, 0.15) is 35.0 Å². The average molecular weight is 867 g/mol. The second-order valence-electron chi connectivity index (χ2n) is 15.1. The summed E-state index contributed by atoms with van der Waals surface area (Å²) in [6.45, 7) is -1.16. The van der Waals surface area contributed by atoms with Gasteiger partial charge in [0.2, 0.25) is 0 Å². The van der Waals surface area contributed by atoms with E-state index in [2.05, 4.69) is 9.97 Å². The first-order valence-electron chi connectivity index (χ1n) is 19.8. The quantitative estimate of drug-likeness (QED) is 0.157. The van der Waals surface area contributed by atoms with Gasteiger partial charge >= 0.3 is 22.8 Å². The molecule has 7 aromatic rings. The summed E-state index contributed by atoms with van der Waals surface area (Å²) in [5.41, 5.74) is -1.12. The van der Waals surface area contributed by atoms with E-state index in [4.69, 9.17) is 23.4 Å². The van der Waals surface area contributed by atoms with Crippen molar-refractivity contribution >= 4 is 22.1 Å². The van der Waals surface area contributed by atoms with Crippen molar-refractivity contribution in [2.75, 3.05) is 28.4 Å². The average Bonchev–Trinajstić information content (AvgIpc) is 3.94. The van der Waals surface area contributed by atoms with Gasteiger partial charge in [0.15, 0.2) is 23.0 Å². The first-order chi connectivity index (χ1) is 30.3. The summed E-state index contributed by atoms with van der Waals surface area (Å²) in [5.74, 6) is 2.03. The van der Waals surface area contributed by atoms with E-state index in [1.165, 1.54) is 62.4 Å². The number of methoxy groups -OCH3 is 4. The second-order valence-corrected chi connectivity index (χ2v) is 15.1. The van der Waals surface area contributed by atoms with Crippen molar-refractivity contribution in [2.24, 2.45) is 14.1 Å². The Bertz CT molecular complexity index is 3420. The SMILES string of the molecule is COc1cc2nc(CCn3c(=O)n4n(c3=O)C3Cn5c(=O)n(CCc6nc7cc(OC)c(OC)cc7n(C)c6=O)c(=O)n5C(c5ccc(CO)o5)C3=CC4)c(=O)n(C)c2cc1OC. The van der Waals surface area contributed by atoms with Crippen molar-refractivity contribution in [1.29, 1.82) is 0 Å². The number of fused-ring (bicyclic) bond motifs is 6. The topological polar surface area (TPSA) is 238 Å². The molecule has 9 rings (SSSR count). The van der Waals surface area contributed by atoms with Gasteiger partial charge in [0, 0.05) is 64.3 Å². The molecule has 0 spiro atoms. The molecule has 2 aliphatic heterocycles. The van der Waals surface area contributed by atoms with E-state index in [0.717, 1.165) is 9.13 Å². The van der Waals surface area contributed by atoms with Crippen LogP contribution in [0.15, 0.2) is 81.2 Å². The van der Waals surface area contributed by atoms with Crippen molar-refractivity contribution in [3.8, 4) is 23.0 Å². The predicted octanol–water partition coefficient (Wildman–Crippen LogP) is -0.180. The molecule has 2 atom stereocenters. The molecule has 0 aliphatic carbocycles. The summed E-state index contributed by atoms with van der Waals surface area (Å²) >= 11 is 0. The maximum Gasteiger partial charge on any atom is 0.348 e. The Morgan fingerprint density at radius 1 is 0.667 bits per heavy atom. The third kappa shape index (κ3) is 6.26. The van der Waals surface area contributed by atoms with Crippen LogP contribution in [0.25, 0.3) is 22.1 Å². The Hall–Kier alpha value is -7.62. The molecular formula is C41H42N10O12. The number of benzene rings is 2. The van der Waals surface area contributed by atoms with Crippen molar-refractivity contribution in [1.82, 2.24) is 47.0 Å². The molecule has 22 nitrogen and oxygen atoms in total. The predicted molar refractivity (Wildman–Crippen MR) is 223 cm³/mol. The molecule has 0 fully saturated rings. The third-order valence-corrected chi connectivity index (χ3v) is 11.9. The van der Waals surface area contributed by atoms with Crippen LogP contribution in [0.4, 0.5) is 0 Å². The van der Waals surface area contributed by atoms with Crippen LogP contribution in [-0.4, -0.2) is 80.5 Å². The fourth-order valence-electron chi connectivity index (χ4n) is 8.69. The molecule has 328 valence electrons. The number of hydrogen-bond donors (Lipinski definition) is 1.